The molecule has 2 heterocycles. The highest BCUT2D eigenvalue weighted by molar-refractivity contribution is 8.00. The van der Waals surface area contributed by atoms with Crippen molar-refractivity contribution < 1.29 is 0 Å². The van der Waals surface area contributed by atoms with E-state index >= 15 is 0 Å². The molecule has 0 radical (unpaired) electrons. The fraction of sp³-hybridized carbons (Fsp3) is 0.706. The summed E-state index contributed by atoms with van der Waals surface area (Å²) < 4.78 is 0.388. The van der Waals surface area contributed by atoms with Crippen LogP contribution in [0.5, 0.6) is 0 Å². The summed E-state index contributed by atoms with van der Waals surface area (Å²) in [6.45, 7) is 5.85. The van der Waals surface area contributed by atoms with Crippen molar-refractivity contribution in [1.29, 1.82) is 0 Å². The van der Waals surface area contributed by atoms with Gasteiger partial charge in [0.15, 0.2) is 0 Å². The SMILES string of the molecule is CCCNC(C1CCc2cccnc21)C1(C)CCCS1. The maximum absolute atomic E-state index is 4.72. The number of hydrogen-bond donors (Lipinski definition) is 1. The van der Waals surface area contributed by atoms with Crippen LogP contribution in [0.25, 0.3) is 0 Å². The molecule has 1 aliphatic carbocycles. The van der Waals surface area contributed by atoms with Crippen molar-refractivity contribution in [3.8, 4) is 0 Å². The Morgan fingerprint density at radius 2 is 2.45 bits per heavy atom. The summed E-state index contributed by atoms with van der Waals surface area (Å²) >= 11 is 2.17. The minimum absolute atomic E-state index is 0.388. The van der Waals surface area contributed by atoms with Gasteiger partial charge < -0.3 is 5.32 Å². The van der Waals surface area contributed by atoms with E-state index in [0.29, 0.717) is 16.7 Å². The van der Waals surface area contributed by atoms with Crippen LogP contribution in [0, 0.1) is 0 Å². The second-order valence-electron chi connectivity index (χ2n) is 6.39. The van der Waals surface area contributed by atoms with Crippen LogP contribution in [0.3, 0.4) is 0 Å². The molecule has 3 rings (SSSR count). The molecule has 110 valence electrons. The van der Waals surface area contributed by atoms with Gasteiger partial charge in [-0.15, -0.1) is 0 Å². The van der Waals surface area contributed by atoms with E-state index in [0.717, 1.165) is 6.54 Å². The Morgan fingerprint density at radius 1 is 1.55 bits per heavy atom. The van der Waals surface area contributed by atoms with E-state index < -0.39 is 0 Å². The molecule has 3 unspecified atom stereocenters. The molecule has 3 atom stereocenters. The average molecular weight is 290 g/mol. The predicted octanol–water partition coefficient (Wildman–Crippen LogP) is 3.77. The number of rotatable bonds is 5. The van der Waals surface area contributed by atoms with Gasteiger partial charge >= 0.3 is 0 Å². The van der Waals surface area contributed by atoms with Gasteiger partial charge in [0.1, 0.15) is 0 Å². The molecule has 0 spiro atoms. The summed E-state index contributed by atoms with van der Waals surface area (Å²) in [5, 5.41) is 3.87. The third-order valence-electron chi connectivity index (χ3n) is 4.93. The Morgan fingerprint density at radius 3 is 3.20 bits per heavy atom. The highest BCUT2D eigenvalue weighted by Crippen LogP contribution is 2.47. The summed E-state index contributed by atoms with van der Waals surface area (Å²) in [4.78, 5) is 4.72. The molecule has 1 aromatic heterocycles. The van der Waals surface area contributed by atoms with Gasteiger partial charge in [-0.2, -0.15) is 11.8 Å². The number of nitrogens with zero attached hydrogens (tertiary/aromatic N) is 1. The lowest BCUT2D eigenvalue weighted by Gasteiger charge is -2.38. The van der Waals surface area contributed by atoms with E-state index in [2.05, 4.69) is 43.1 Å². The summed E-state index contributed by atoms with van der Waals surface area (Å²) in [7, 11) is 0. The minimum Gasteiger partial charge on any atom is -0.312 e. The normalized spacial score (nSPS) is 30.4. The van der Waals surface area contributed by atoms with E-state index in [1.165, 1.54) is 49.1 Å². The van der Waals surface area contributed by atoms with Gasteiger partial charge in [-0.25, -0.2) is 0 Å². The van der Waals surface area contributed by atoms with Crippen molar-refractivity contribution in [3.63, 3.8) is 0 Å². The number of aromatic nitrogens is 1. The Balaban J connectivity index is 1.86. The molecule has 0 aromatic carbocycles. The second-order valence-corrected chi connectivity index (χ2v) is 8.02. The van der Waals surface area contributed by atoms with E-state index in [1.54, 1.807) is 0 Å². The summed E-state index contributed by atoms with van der Waals surface area (Å²) in [6, 6.07) is 4.93. The zero-order chi connectivity index (χ0) is 14.0. The van der Waals surface area contributed by atoms with Crippen LogP contribution in [-0.2, 0) is 6.42 Å². The van der Waals surface area contributed by atoms with Crippen molar-refractivity contribution in [2.24, 2.45) is 0 Å². The first-order chi connectivity index (χ1) is 9.74. The summed E-state index contributed by atoms with van der Waals surface area (Å²) in [6.07, 6.45) is 8.37. The molecule has 1 aromatic rings. The van der Waals surface area contributed by atoms with Gasteiger partial charge in [-0.05, 0) is 63.0 Å². The Kier molecular flexibility index (Phi) is 4.37. The molecule has 1 aliphatic heterocycles. The van der Waals surface area contributed by atoms with Crippen LogP contribution in [0.15, 0.2) is 18.3 Å². The molecule has 0 saturated carbocycles. The van der Waals surface area contributed by atoms with Gasteiger partial charge in [-0.3, -0.25) is 4.98 Å². The maximum Gasteiger partial charge on any atom is 0.0482 e. The Bertz CT molecular complexity index is 454. The molecule has 20 heavy (non-hydrogen) atoms. The highest BCUT2D eigenvalue weighted by atomic mass is 32.2. The minimum atomic E-state index is 0.388. The topological polar surface area (TPSA) is 24.9 Å². The van der Waals surface area contributed by atoms with Crippen molar-refractivity contribution in [1.82, 2.24) is 10.3 Å². The Hall–Kier alpha value is -0.540. The fourth-order valence-corrected chi connectivity index (χ4v) is 5.37. The first-order valence-corrected chi connectivity index (χ1v) is 9.04. The van der Waals surface area contributed by atoms with E-state index in [-0.39, 0.29) is 0 Å². The summed E-state index contributed by atoms with van der Waals surface area (Å²) in [5.74, 6) is 1.93. The second kappa shape index (κ2) is 6.07. The zero-order valence-electron chi connectivity index (χ0n) is 12.7. The van der Waals surface area contributed by atoms with Crippen LogP contribution in [0.2, 0.25) is 0 Å². The van der Waals surface area contributed by atoms with Crippen molar-refractivity contribution in [2.45, 2.75) is 62.7 Å². The first-order valence-electron chi connectivity index (χ1n) is 8.06. The lowest BCUT2D eigenvalue weighted by Crippen LogP contribution is -2.49. The summed E-state index contributed by atoms with van der Waals surface area (Å²) in [5.41, 5.74) is 2.85. The molecular formula is C17H26N2S. The monoisotopic (exact) mass is 290 g/mol. The third-order valence-corrected chi connectivity index (χ3v) is 6.54. The van der Waals surface area contributed by atoms with Crippen LogP contribution >= 0.6 is 11.8 Å². The lowest BCUT2D eigenvalue weighted by molar-refractivity contribution is 0.341. The van der Waals surface area contributed by atoms with E-state index in [4.69, 9.17) is 4.98 Å². The van der Waals surface area contributed by atoms with Gasteiger partial charge in [-0.1, -0.05) is 13.0 Å². The Labute approximate surface area is 127 Å². The number of fused-ring (bicyclic) bond motifs is 1. The van der Waals surface area contributed by atoms with Gasteiger partial charge in [0.25, 0.3) is 0 Å². The lowest BCUT2D eigenvalue weighted by atomic mass is 9.84. The van der Waals surface area contributed by atoms with Crippen LogP contribution in [-0.4, -0.2) is 28.1 Å². The zero-order valence-corrected chi connectivity index (χ0v) is 13.5. The van der Waals surface area contributed by atoms with Gasteiger partial charge in [0, 0.05) is 28.6 Å². The van der Waals surface area contributed by atoms with Crippen LogP contribution in [0.4, 0.5) is 0 Å². The molecular weight excluding hydrogens is 264 g/mol. The quantitative estimate of drug-likeness (QED) is 0.893. The first kappa shape index (κ1) is 14.4. The molecule has 0 bridgehead atoms. The van der Waals surface area contributed by atoms with Gasteiger partial charge in [0.2, 0.25) is 0 Å². The molecule has 3 heteroatoms. The van der Waals surface area contributed by atoms with Crippen LogP contribution in [0.1, 0.15) is 56.7 Å². The molecule has 1 saturated heterocycles. The standard InChI is InChI=1S/C17H26N2S/c1-3-10-19-16(17(2)9-5-12-20-17)14-8-7-13-6-4-11-18-15(13)14/h4,6,11,14,16,19H,3,5,7-10,12H2,1-2H3. The van der Waals surface area contributed by atoms with Gasteiger partial charge in [0.05, 0.1) is 0 Å². The fourth-order valence-electron chi connectivity index (χ4n) is 3.90. The molecule has 2 aliphatic rings. The molecule has 2 nitrogen and oxygen atoms in total. The molecule has 1 fully saturated rings. The van der Waals surface area contributed by atoms with E-state index in [9.17, 15) is 0 Å². The number of pyridine rings is 1. The van der Waals surface area contributed by atoms with Crippen LogP contribution < -0.4 is 5.32 Å². The molecule has 1 N–H and O–H groups in total. The number of aryl methyl sites for hydroxylation is 1. The largest absolute Gasteiger partial charge is 0.312 e. The number of thioether (sulfide) groups is 1. The highest BCUT2D eigenvalue weighted by Gasteiger charge is 2.44. The van der Waals surface area contributed by atoms with Crippen molar-refractivity contribution in [3.05, 3.63) is 29.6 Å². The smallest absolute Gasteiger partial charge is 0.0482 e. The maximum atomic E-state index is 4.72. The average Bonchev–Trinajstić information content (AvgIpc) is 3.07. The van der Waals surface area contributed by atoms with Crippen molar-refractivity contribution >= 4 is 11.8 Å². The third kappa shape index (κ3) is 2.62. The predicted molar refractivity (Wildman–Crippen MR) is 87.5 cm³/mol. The number of nitrogens with one attached hydrogen (secondary N) is 1. The van der Waals surface area contributed by atoms with Crippen molar-refractivity contribution in [2.75, 3.05) is 12.3 Å². The number of hydrogen-bond acceptors (Lipinski definition) is 3. The van der Waals surface area contributed by atoms with E-state index in [1.807, 2.05) is 6.20 Å². The molecule has 0 amide bonds.